The molecule has 3 rings (SSSR count). The maximum absolute atomic E-state index is 13.0. The molecule has 1 N–H and O–H groups in total. The summed E-state index contributed by atoms with van der Waals surface area (Å²) in [5.74, 6) is 0.221. The van der Waals surface area contributed by atoms with Gasteiger partial charge in [0.25, 0.3) is 5.91 Å². The molecule has 1 heterocycles. The molecule has 1 amide bonds. The Balaban J connectivity index is 1.65. The molecule has 0 radical (unpaired) electrons. The zero-order valence-electron chi connectivity index (χ0n) is 17.1. The largest absolute Gasteiger partial charge is 0.490 e. The second kappa shape index (κ2) is 10.3. The van der Waals surface area contributed by atoms with Crippen LogP contribution in [-0.4, -0.2) is 44.9 Å². The third-order valence-electron chi connectivity index (χ3n) is 5.14. The number of carbonyl (C=O) groups excluding carboxylic acids is 1. The van der Waals surface area contributed by atoms with E-state index in [1.54, 1.807) is 31.2 Å². The number of nitrogens with zero attached hydrogens (tertiary/aromatic N) is 1. The van der Waals surface area contributed by atoms with Crippen molar-refractivity contribution in [3.8, 4) is 5.75 Å². The lowest BCUT2D eigenvalue weighted by Crippen LogP contribution is -2.32. The van der Waals surface area contributed by atoms with Gasteiger partial charge >= 0.3 is 0 Å². The number of benzene rings is 2. The number of halogens is 1. The van der Waals surface area contributed by atoms with Crippen LogP contribution in [0.3, 0.4) is 0 Å². The van der Waals surface area contributed by atoms with Gasteiger partial charge in [0.15, 0.2) is 0 Å². The van der Waals surface area contributed by atoms with E-state index >= 15 is 0 Å². The van der Waals surface area contributed by atoms with Crippen LogP contribution in [0.15, 0.2) is 47.4 Å². The van der Waals surface area contributed by atoms with Gasteiger partial charge in [-0.25, -0.2) is 8.42 Å². The summed E-state index contributed by atoms with van der Waals surface area (Å²) in [5, 5.41) is 3.29. The lowest BCUT2D eigenvalue weighted by molar-refractivity contribution is 0.0946. The predicted octanol–water partition coefficient (Wildman–Crippen LogP) is 4.02. The van der Waals surface area contributed by atoms with Crippen molar-refractivity contribution < 1.29 is 17.9 Å². The van der Waals surface area contributed by atoms with Gasteiger partial charge in [-0.1, -0.05) is 42.6 Å². The van der Waals surface area contributed by atoms with Gasteiger partial charge < -0.3 is 10.1 Å². The molecule has 2 aromatic rings. The standard InChI is InChI=1S/C22H27ClN2O4S/c1-17-10-11-18(30(27,28)25-13-6-2-3-7-14-25)16-19(17)22(26)24-12-15-29-21-9-5-4-8-20(21)23/h4-5,8-11,16H,2-3,6-7,12-15H2,1H3,(H,24,26). The van der Waals surface area contributed by atoms with E-state index in [1.807, 2.05) is 12.1 Å². The average Bonchev–Trinajstić information content (AvgIpc) is 3.02. The van der Waals surface area contributed by atoms with Crippen LogP contribution in [-0.2, 0) is 10.0 Å². The van der Waals surface area contributed by atoms with Crippen molar-refractivity contribution >= 4 is 27.5 Å². The van der Waals surface area contributed by atoms with E-state index < -0.39 is 10.0 Å². The molecule has 1 aliphatic heterocycles. The quantitative estimate of drug-likeness (QED) is 0.646. The van der Waals surface area contributed by atoms with Crippen molar-refractivity contribution in [2.75, 3.05) is 26.2 Å². The van der Waals surface area contributed by atoms with Crippen LogP contribution >= 0.6 is 11.6 Å². The molecule has 6 nitrogen and oxygen atoms in total. The second-order valence-electron chi connectivity index (χ2n) is 7.33. The van der Waals surface area contributed by atoms with Crippen molar-refractivity contribution in [3.63, 3.8) is 0 Å². The minimum Gasteiger partial charge on any atom is -0.490 e. The first kappa shape index (κ1) is 22.6. The zero-order chi connectivity index (χ0) is 21.6. The Morgan fingerprint density at radius 3 is 2.50 bits per heavy atom. The number of hydrogen-bond donors (Lipinski definition) is 1. The predicted molar refractivity (Wildman–Crippen MR) is 118 cm³/mol. The highest BCUT2D eigenvalue weighted by Gasteiger charge is 2.26. The Kier molecular flexibility index (Phi) is 7.75. The Bertz CT molecular complexity index is 986. The van der Waals surface area contributed by atoms with Gasteiger partial charge in [-0.05, 0) is 49.6 Å². The molecular formula is C22H27ClN2O4S. The molecule has 1 saturated heterocycles. The number of nitrogens with one attached hydrogen (secondary N) is 1. The fourth-order valence-corrected chi connectivity index (χ4v) is 5.15. The molecule has 0 aromatic heterocycles. The van der Waals surface area contributed by atoms with E-state index in [0.29, 0.717) is 35.0 Å². The van der Waals surface area contributed by atoms with Gasteiger partial charge in [-0.2, -0.15) is 4.31 Å². The Morgan fingerprint density at radius 1 is 1.10 bits per heavy atom. The van der Waals surface area contributed by atoms with Crippen LogP contribution in [0.2, 0.25) is 5.02 Å². The summed E-state index contributed by atoms with van der Waals surface area (Å²) in [6, 6.07) is 11.8. The van der Waals surface area contributed by atoms with Crippen LogP contribution in [0.25, 0.3) is 0 Å². The maximum Gasteiger partial charge on any atom is 0.251 e. The molecule has 1 fully saturated rings. The monoisotopic (exact) mass is 450 g/mol. The third kappa shape index (κ3) is 5.53. The Morgan fingerprint density at radius 2 is 1.80 bits per heavy atom. The molecular weight excluding hydrogens is 424 g/mol. The van der Waals surface area contributed by atoms with Crippen molar-refractivity contribution in [1.82, 2.24) is 9.62 Å². The second-order valence-corrected chi connectivity index (χ2v) is 9.67. The molecule has 30 heavy (non-hydrogen) atoms. The van der Waals surface area contributed by atoms with Gasteiger partial charge in [-0.3, -0.25) is 4.79 Å². The van der Waals surface area contributed by atoms with Gasteiger partial charge in [0.1, 0.15) is 12.4 Å². The number of hydrogen-bond acceptors (Lipinski definition) is 4. The van der Waals surface area contributed by atoms with E-state index in [1.165, 1.54) is 10.4 Å². The van der Waals surface area contributed by atoms with E-state index in [4.69, 9.17) is 16.3 Å². The van der Waals surface area contributed by atoms with Crippen molar-refractivity contribution in [2.45, 2.75) is 37.5 Å². The van der Waals surface area contributed by atoms with Crippen molar-refractivity contribution in [1.29, 1.82) is 0 Å². The molecule has 0 bridgehead atoms. The molecule has 0 saturated carbocycles. The summed E-state index contributed by atoms with van der Waals surface area (Å²) in [4.78, 5) is 12.8. The topological polar surface area (TPSA) is 75.7 Å². The molecule has 0 atom stereocenters. The number of carbonyl (C=O) groups is 1. The number of ether oxygens (including phenoxy) is 1. The van der Waals surface area contributed by atoms with Crippen LogP contribution in [0.4, 0.5) is 0 Å². The number of rotatable bonds is 7. The minimum atomic E-state index is -3.61. The van der Waals surface area contributed by atoms with Crippen molar-refractivity contribution in [2.24, 2.45) is 0 Å². The summed E-state index contributed by atoms with van der Waals surface area (Å²) < 4.78 is 33.2. The highest BCUT2D eigenvalue weighted by Crippen LogP contribution is 2.24. The lowest BCUT2D eigenvalue weighted by atomic mass is 10.1. The fourth-order valence-electron chi connectivity index (χ4n) is 3.42. The van der Waals surface area contributed by atoms with Crippen LogP contribution in [0, 0.1) is 6.92 Å². The summed E-state index contributed by atoms with van der Waals surface area (Å²) in [5.41, 5.74) is 1.07. The maximum atomic E-state index is 13.0. The van der Waals surface area contributed by atoms with Gasteiger partial charge in [-0.15, -0.1) is 0 Å². The Hall–Kier alpha value is -2.09. The van der Waals surface area contributed by atoms with Gasteiger partial charge in [0.2, 0.25) is 10.0 Å². The molecule has 1 aliphatic rings. The van der Waals surface area contributed by atoms with E-state index in [0.717, 1.165) is 25.7 Å². The van der Waals surface area contributed by atoms with Crippen molar-refractivity contribution in [3.05, 3.63) is 58.6 Å². The fraction of sp³-hybridized carbons (Fsp3) is 0.409. The van der Waals surface area contributed by atoms with Gasteiger partial charge in [0, 0.05) is 18.7 Å². The van der Waals surface area contributed by atoms with Gasteiger partial charge in [0.05, 0.1) is 16.5 Å². The first-order valence-corrected chi connectivity index (χ1v) is 12.0. The molecule has 0 spiro atoms. The first-order chi connectivity index (χ1) is 14.4. The zero-order valence-corrected chi connectivity index (χ0v) is 18.6. The first-order valence-electron chi connectivity index (χ1n) is 10.2. The lowest BCUT2D eigenvalue weighted by Gasteiger charge is -2.20. The number of sulfonamides is 1. The van der Waals surface area contributed by atoms with Crippen LogP contribution in [0.5, 0.6) is 5.75 Å². The number of para-hydroxylation sites is 1. The molecule has 162 valence electrons. The number of aryl methyl sites for hydroxylation is 1. The highest BCUT2D eigenvalue weighted by molar-refractivity contribution is 7.89. The van der Waals surface area contributed by atoms with E-state index in [9.17, 15) is 13.2 Å². The van der Waals surface area contributed by atoms with Crippen LogP contribution in [0.1, 0.15) is 41.6 Å². The van der Waals surface area contributed by atoms with Crippen LogP contribution < -0.4 is 10.1 Å². The molecule has 0 unspecified atom stereocenters. The summed E-state index contributed by atoms with van der Waals surface area (Å²) in [6.45, 7) is 3.36. The minimum absolute atomic E-state index is 0.160. The molecule has 8 heteroatoms. The highest BCUT2D eigenvalue weighted by atomic mass is 35.5. The normalized spacial score (nSPS) is 15.4. The SMILES string of the molecule is Cc1ccc(S(=O)(=O)N2CCCCCC2)cc1C(=O)NCCOc1ccccc1Cl. The van der Waals surface area contributed by atoms with E-state index in [-0.39, 0.29) is 24.0 Å². The molecule has 2 aromatic carbocycles. The summed E-state index contributed by atoms with van der Waals surface area (Å²) in [7, 11) is -3.61. The van der Waals surface area contributed by atoms with E-state index in [2.05, 4.69) is 5.32 Å². The summed E-state index contributed by atoms with van der Waals surface area (Å²) >= 11 is 6.04. The summed E-state index contributed by atoms with van der Waals surface area (Å²) in [6.07, 6.45) is 3.82. The smallest absolute Gasteiger partial charge is 0.251 e. The molecule has 0 aliphatic carbocycles. The third-order valence-corrected chi connectivity index (χ3v) is 7.35. The average molecular weight is 451 g/mol. The number of amides is 1. The Labute approximate surface area is 183 Å².